The van der Waals surface area contributed by atoms with Gasteiger partial charge in [-0.2, -0.15) is 0 Å². The maximum absolute atomic E-state index is 5.10. The highest BCUT2D eigenvalue weighted by molar-refractivity contribution is 5.80. The average Bonchev–Trinajstić information content (AvgIpc) is 2.80. The van der Waals surface area contributed by atoms with Crippen LogP contribution < -0.4 is 5.32 Å². The Morgan fingerprint density at radius 2 is 2.20 bits per heavy atom. The van der Waals surface area contributed by atoms with Gasteiger partial charge >= 0.3 is 0 Å². The number of ether oxygens (including phenoxy) is 1. The molecular weight excluding hydrogens is 250 g/mol. The van der Waals surface area contributed by atoms with E-state index in [1.54, 1.807) is 7.11 Å². The van der Waals surface area contributed by atoms with Crippen molar-refractivity contribution in [3.63, 3.8) is 0 Å². The van der Waals surface area contributed by atoms with Crippen molar-refractivity contribution in [3.8, 4) is 0 Å². The molecule has 0 aliphatic carbocycles. The third-order valence-corrected chi connectivity index (χ3v) is 3.41. The SMILES string of the molecule is COCCCCn1cc(CNC(C)C)c2cccnc21. The highest BCUT2D eigenvalue weighted by Crippen LogP contribution is 2.20. The molecule has 1 N–H and O–H groups in total. The van der Waals surface area contributed by atoms with Crippen LogP contribution in [0.1, 0.15) is 32.3 Å². The van der Waals surface area contributed by atoms with Crippen LogP contribution in [-0.4, -0.2) is 29.3 Å². The summed E-state index contributed by atoms with van der Waals surface area (Å²) in [4.78, 5) is 4.53. The van der Waals surface area contributed by atoms with Gasteiger partial charge in [-0.05, 0) is 30.5 Å². The molecule has 0 amide bonds. The van der Waals surface area contributed by atoms with Crippen molar-refractivity contribution in [3.05, 3.63) is 30.1 Å². The van der Waals surface area contributed by atoms with Crippen molar-refractivity contribution >= 4 is 11.0 Å². The van der Waals surface area contributed by atoms with Gasteiger partial charge in [0.2, 0.25) is 0 Å². The lowest BCUT2D eigenvalue weighted by molar-refractivity contribution is 0.191. The first-order chi connectivity index (χ1) is 9.72. The fraction of sp³-hybridized carbons (Fsp3) is 0.562. The van der Waals surface area contributed by atoms with Crippen LogP contribution in [0.25, 0.3) is 11.0 Å². The third kappa shape index (κ3) is 3.81. The third-order valence-electron chi connectivity index (χ3n) is 3.41. The summed E-state index contributed by atoms with van der Waals surface area (Å²) in [7, 11) is 1.75. The predicted octanol–water partition coefficient (Wildman–Crippen LogP) is 2.96. The van der Waals surface area contributed by atoms with Crippen LogP contribution in [-0.2, 0) is 17.8 Å². The van der Waals surface area contributed by atoms with Crippen molar-refractivity contribution in [2.45, 2.75) is 45.8 Å². The van der Waals surface area contributed by atoms with Crippen LogP contribution in [0, 0.1) is 0 Å². The van der Waals surface area contributed by atoms with Gasteiger partial charge in [-0.3, -0.25) is 0 Å². The summed E-state index contributed by atoms with van der Waals surface area (Å²) in [5, 5.41) is 4.74. The summed E-state index contributed by atoms with van der Waals surface area (Å²) >= 11 is 0. The number of unbranched alkanes of at least 4 members (excludes halogenated alkanes) is 1. The van der Waals surface area contributed by atoms with Gasteiger partial charge in [-0.15, -0.1) is 0 Å². The molecule has 0 aliphatic rings. The number of hydrogen-bond donors (Lipinski definition) is 1. The summed E-state index contributed by atoms with van der Waals surface area (Å²) < 4.78 is 7.37. The fourth-order valence-corrected chi connectivity index (χ4v) is 2.35. The van der Waals surface area contributed by atoms with Crippen LogP contribution in [0.5, 0.6) is 0 Å². The minimum atomic E-state index is 0.492. The zero-order chi connectivity index (χ0) is 14.4. The number of pyridine rings is 1. The van der Waals surface area contributed by atoms with Crippen LogP contribution >= 0.6 is 0 Å². The maximum Gasteiger partial charge on any atom is 0.140 e. The molecule has 0 saturated carbocycles. The second kappa shape index (κ2) is 7.41. The Morgan fingerprint density at radius 1 is 1.35 bits per heavy atom. The monoisotopic (exact) mass is 275 g/mol. The predicted molar refractivity (Wildman–Crippen MR) is 82.8 cm³/mol. The highest BCUT2D eigenvalue weighted by atomic mass is 16.5. The van der Waals surface area contributed by atoms with E-state index in [1.165, 1.54) is 10.9 Å². The van der Waals surface area contributed by atoms with E-state index < -0.39 is 0 Å². The number of methoxy groups -OCH3 is 1. The molecule has 2 heterocycles. The molecule has 0 saturated heterocycles. The van der Waals surface area contributed by atoms with E-state index in [-0.39, 0.29) is 0 Å². The smallest absolute Gasteiger partial charge is 0.140 e. The first kappa shape index (κ1) is 15.0. The molecule has 0 aliphatic heterocycles. The van der Waals surface area contributed by atoms with Crippen molar-refractivity contribution in [2.75, 3.05) is 13.7 Å². The molecule has 4 heteroatoms. The van der Waals surface area contributed by atoms with Crippen LogP contribution in [0.3, 0.4) is 0 Å². The van der Waals surface area contributed by atoms with Crippen molar-refractivity contribution in [1.82, 2.24) is 14.9 Å². The fourth-order valence-electron chi connectivity index (χ4n) is 2.35. The molecule has 2 aromatic heterocycles. The van der Waals surface area contributed by atoms with Gasteiger partial charge in [0.25, 0.3) is 0 Å². The van der Waals surface area contributed by atoms with Crippen molar-refractivity contribution in [2.24, 2.45) is 0 Å². The largest absolute Gasteiger partial charge is 0.385 e. The van der Waals surface area contributed by atoms with Crippen LogP contribution in [0.15, 0.2) is 24.5 Å². The Labute approximate surface area is 121 Å². The summed E-state index contributed by atoms with van der Waals surface area (Å²) in [6.45, 7) is 7.06. The van der Waals surface area contributed by atoms with Crippen molar-refractivity contribution in [1.29, 1.82) is 0 Å². The first-order valence-corrected chi connectivity index (χ1v) is 7.37. The molecule has 0 bridgehead atoms. The zero-order valence-corrected chi connectivity index (χ0v) is 12.7. The Morgan fingerprint density at radius 3 is 2.95 bits per heavy atom. The summed E-state index contributed by atoms with van der Waals surface area (Å²) in [6.07, 6.45) is 6.31. The highest BCUT2D eigenvalue weighted by Gasteiger charge is 2.09. The van der Waals surface area contributed by atoms with Gasteiger partial charge in [0.15, 0.2) is 0 Å². The first-order valence-electron chi connectivity index (χ1n) is 7.37. The second-order valence-electron chi connectivity index (χ2n) is 5.46. The maximum atomic E-state index is 5.10. The molecule has 0 fully saturated rings. The van der Waals surface area contributed by atoms with Crippen LogP contribution in [0.4, 0.5) is 0 Å². The lowest BCUT2D eigenvalue weighted by Gasteiger charge is -2.06. The molecule has 0 unspecified atom stereocenters. The molecule has 0 atom stereocenters. The van der Waals surface area contributed by atoms with Gasteiger partial charge < -0.3 is 14.6 Å². The van der Waals surface area contributed by atoms with E-state index >= 15 is 0 Å². The van der Waals surface area contributed by atoms with E-state index in [1.807, 2.05) is 12.3 Å². The van der Waals surface area contributed by atoms with E-state index in [4.69, 9.17) is 4.74 Å². The zero-order valence-electron chi connectivity index (χ0n) is 12.7. The molecule has 0 spiro atoms. The number of nitrogens with one attached hydrogen (secondary N) is 1. The average molecular weight is 275 g/mol. The van der Waals surface area contributed by atoms with E-state index in [0.29, 0.717) is 6.04 Å². The minimum Gasteiger partial charge on any atom is -0.385 e. The number of aryl methyl sites for hydroxylation is 1. The van der Waals surface area contributed by atoms with Crippen molar-refractivity contribution < 1.29 is 4.74 Å². The molecular formula is C16H25N3O. The summed E-state index contributed by atoms with van der Waals surface area (Å²) in [5.41, 5.74) is 2.42. The van der Waals surface area contributed by atoms with Gasteiger partial charge in [0.05, 0.1) is 0 Å². The Bertz CT molecular complexity index is 534. The second-order valence-corrected chi connectivity index (χ2v) is 5.46. The van der Waals surface area contributed by atoms with Gasteiger partial charge in [0.1, 0.15) is 5.65 Å². The molecule has 4 nitrogen and oxygen atoms in total. The van der Waals surface area contributed by atoms with Gasteiger partial charge in [-0.25, -0.2) is 4.98 Å². The molecule has 0 aromatic carbocycles. The molecule has 2 aromatic rings. The molecule has 0 radical (unpaired) electrons. The van der Waals surface area contributed by atoms with Gasteiger partial charge in [-0.1, -0.05) is 13.8 Å². The normalized spacial score (nSPS) is 11.6. The Kier molecular flexibility index (Phi) is 5.56. The number of hydrogen-bond acceptors (Lipinski definition) is 3. The Balaban J connectivity index is 2.13. The summed E-state index contributed by atoms with van der Waals surface area (Å²) in [6, 6.07) is 4.66. The lowest BCUT2D eigenvalue weighted by atomic mass is 10.2. The van der Waals surface area contributed by atoms with Gasteiger partial charge in [0, 0.05) is 50.6 Å². The quantitative estimate of drug-likeness (QED) is 0.753. The number of nitrogens with zero attached hydrogens (tertiary/aromatic N) is 2. The number of rotatable bonds is 8. The van der Waals surface area contributed by atoms with E-state index in [0.717, 1.165) is 38.2 Å². The number of aromatic nitrogens is 2. The molecule has 110 valence electrons. The van der Waals surface area contributed by atoms with E-state index in [9.17, 15) is 0 Å². The minimum absolute atomic E-state index is 0.492. The molecule has 20 heavy (non-hydrogen) atoms. The topological polar surface area (TPSA) is 39.1 Å². The Hall–Kier alpha value is -1.39. The lowest BCUT2D eigenvalue weighted by Crippen LogP contribution is -2.21. The molecule has 2 rings (SSSR count). The summed E-state index contributed by atoms with van der Waals surface area (Å²) in [5.74, 6) is 0. The standard InChI is InChI=1S/C16H25N3O/c1-13(2)18-11-14-12-19(9-4-5-10-20-3)16-15(14)7-6-8-17-16/h6-8,12-13,18H,4-5,9-11H2,1-3H3. The van der Waals surface area contributed by atoms with E-state index in [2.05, 4.69) is 41.0 Å². The van der Waals surface area contributed by atoms with Crippen LogP contribution in [0.2, 0.25) is 0 Å². The number of fused-ring (bicyclic) bond motifs is 1.